The first-order chi connectivity index (χ1) is 10.8. The van der Waals surface area contributed by atoms with Crippen LogP contribution in [0.25, 0.3) is 11.1 Å². The third-order valence-electron chi connectivity index (χ3n) is 3.98. The van der Waals surface area contributed by atoms with E-state index in [9.17, 15) is 4.79 Å². The van der Waals surface area contributed by atoms with Crippen LogP contribution < -0.4 is 5.32 Å². The Kier molecular flexibility index (Phi) is 3.16. The van der Waals surface area contributed by atoms with E-state index >= 15 is 0 Å². The van der Waals surface area contributed by atoms with E-state index in [1.807, 2.05) is 6.92 Å². The van der Waals surface area contributed by atoms with Crippen molar-refractivity contribution in [3.05, 3.63) is 23.6 Å². The van der Waals surface area contributed by atoms with Crippen LogP contribution in [-0.2, 0) is 4.74 Å². The number of furan rings is 1. The summed E-state index contributed by atoms with van der Waals surface area (Å²) in [5, 5.41) is 4.06. The van der Waals surface area contributed by atoms with Crippen molar-refractivity contribution in [2.75, 3.05) is 31.6 Å². The van der Waals surface area contributed by atoms with Crippen LogP contribution in [0.4, 0.5) is 5.69 Å². The predicted octanol–water partition coefficient (Wildman–Crippen LogP) is 1.81. The molecule has 0 aliphatic carbocycles. The number of carbonyl (C=O) groups is 1. The number of hydrogen-bond donors (Lipinski definition) is 1. The second kappa shape index (κ2) is 5.19. The zero-order valence-electron chi connectivity index (χ0n) is 12.2. The molecular weight excluding hydrogens is 284 g/mol. The average molecular weight is 300 g/mol. The van der Waals surface area contributed by atoms with E-state index in [-0.39, 0.29) is 6.17 Å². The van der Waals surface area contributed by atoms with Crippen LogP contribution in [0, 0.1) is 0 Å². The molecule has 0 amide bonds. The number of morpholine rings is 1. The number of fused-ring (bicyclic) bond motifs is 3. The van der Waals surface area contributed by atoms with Crippen LogP contribution in [0.3, 0.4) is 0 Å². The van der Waals surface area contributed by atoms with Crippen molar-refractivity contribution >= 4 is 28.9 Å². The maximum absolute atomic E-state index is 11.0. The van der Waals surface area contributed by atoms with Gasteiger partial charge in [-0.2, -0.15) is 0 Å². The van der Waals surface area contributed by atoms with Gasteiger partial charge in [0.05, 0.1) is 24.3 Å². The first-order valence-corrected chi connectivity index (χ1v) is 7.27. The summed E-state index contributed by atoms with van der Waals surface area (Å²) in [4.78, 5) is 22.1. The zero-order valence-corrected chi connectivity index (χ0v) is 12.2. The standard InChI is InChI=1S/C15H16N4O3/c1-9-17-12-11-6-10(8-20)7-16-15(11)22-13(12)14(18-9)19-2-4-21-5-3-19/h6-8,14H,2-5H2,1H3,(H,17,18). The molecule has 2 aliphatic heterocycles. The molecule has 1 atom stereocenters. The van der Waals surface area contributed by atoms with Gasteiger partial charge < -0.3 is 14.5 Å². The predicted molar refractivity (Wildman–Crippen MR) is 81.3 cm³/mol. The van der Waals surface area contributed by atoms with E-state index < -0.39 is 0 Å². The van der Waals surface area contributed by atoms with Crippen LogP contribution in [0.5, 0.6) is 0 Å². The largest absolute Gasteiger partial charge is 0.437 e. The summed E-state index contributed by atoms with van der Waals surface area (Å²) in [5.74, 6) is 1.57. The highest BCUT2D eigenvalue weighted by atomic mass is 16.5. The molecule has 7 heteroatoms. The second-order valence-electron chi connectivity index (χ2n) is 5.44. The quantitative estimate of drug-likeness (QED) is 0.852. The number of aliphatic imine (C=N–C) groups is 1. The molecule has 22 heavy (non-hydrogen) atoms. The topological polar surface area (TPSA) is 80.0 Å². The van der Waals surface area contributed by atoms with E-state index in [1.165, 1.54) is 6.20 Å². The molecule has 2 aromatic heterocycles. The summed E-state index contributed by atoms with van der Waals surface area (Å²) < 4.78 is 11.3. The van der Waals surface area contributed by atoms with E-state index in [4.69, 9.17) is 9.15 Å². The first-order valence-electron chi connectivity index (χ1n) is 7.27. The number of nitrogens with zero attached hydrogens (tertiary/aromatic N) is 3. The van der Waals surface area contributed by atoms with Gasteiger partial charge in [0.25, 0.3) is 0 Å². The number of rotatable bonds is 2. The van der Waals surface area contributed by atoms with Gasteiger partial charge in [0.15, 0.2) is 18.2 Å². The number of amidine groups is 1. The van der Waals surface area contributed by atoms with Gasteiger partial charge in [-0.1, -0.05) is 0 Å². The Balaban J connectivity index is 1.83. The summed E-state index contributed by atoms with van der Waals surface area (Å²) in [5.41, 5.74) is 1.91. The molecule has 1 saturated heterocycles. The summed E-state index contributed by atoms with van der Waals surface area (Å²) in [7, 11) is 0. The minimum Gasteiger partial charge on any atom is -0.437 e. The van der Waals surface area contributed by atoms with Gasteiger partial charge in [-0.15, -0.1) is 0 Å². The number of ether oxygens (including phenoxy) is 1. The fourth-order valence-electron chi connectivity index (χ4n) is 2.92. The third kappa shape index (κ3) is 2.10. The molecule has 0 spiro atoms. The highest BCUT2D eigenvalue weighted by Gasteiger charge is 2.32. The molecule has 0 aromatic carbocycles. The highest BCUT2D eigenvalue weighted by Crippen LogP contribution is 2.39. The fourth-order valence-corrected chi connectivity index (χ4v) is 2.92. The van der Waals surface area contributed by atoms with E-state index in [0.717, 1.165) is 42.0 Å². The number of aromatic nitrogens is 1. The lowest BCUT2D eigenvalue weighted by molar-refractivity contribution is 0.0137. The minimum atomic E-state index is -0.172. The van der Waals surface area contributed by atoms with Gasteiger partial charge in [-0.05, 0) is 13.0 Å². The molecule has 4 heterocycles. The average Bonchev–Trinajstić information content (AvgIpc) is 2.92. The summed E-state index contributed by atoms with van der Waals surface area (Å²) in [6.45, 7) is 4.94. The maximum atomic E-state index is 11.0. The van der Waals surface area contributed by atoms with Crippen molar-refractivity contribution in [1.82, 2.24) is 9.88 Å². The molecule has 1 N–H and O–H groups in total. The molecule has 4 rings (SSSR count). The van der Waals surface area contributed by atoms with Crippen LogP contribution >= 0.6 is 0 Å². The van der Waals surface area contributed by atoms with Crippen molar-refractivity contribution in [3.63, 3.8) is 0 Å². The Morgan fingerprint density at radius 3 is 3.00 bits per heavy atom. The van der Waals surface area contributed by atoms with Crippen molar-refractivity contribution in [2.24, 2.45) is 4.99 Å². The van der Waals surface area contributed by atoms with Crippen LogP contribution in [0.2, 0.25) is 0 Å². The van der Waals surface area contributed by atoms with Crippen molar-refractivity contribution in [1.29, 1.82) is 0 Å². The van der Waals surface area contributed by atoms with Crippen molar-refractivity contribution < 1.29 is 13.9 Å². The SMILES string of the molecule is CC1=NC(N2CCOCC2)c2oc3ncc(C=O)cc3c2N1. The van der Waals surface area contributed by atoms with Gasteiger partial charge in [0.1, 0.15) is 5.84 Å². The molecule has 7 nitrogen and oxygen atoms in total. The van der Waals surface area contributed by atoms with Crippen molar-refractivity contribution in [3.8, 4) is 0 Å². The number of carbonyl (C=O) groups excluding carboxylic acids is 1. The Morgan fingerprint density at radius 2 is 2.23 bits per heavy atom. The summed E-state index contributed by atoms with van der Waals surface area (Å²) >= 11 is 0. The van der Waals surface area contributed by atoms with Crippen LogP contribution in [0.15, 0.2) is 21.7 Å². The van der Waals surface area contributed by atoms with Gasteiger partial charge >= 0.3 is 0 Å². The molecule has 0 saturated carbocycles. The molecular formula is C15H16N4O3. The number of pyridine rings is 1. The van der Waals surface area contributed by atoms with E-state index in [0.29, 0.717) is 24.5 Å². The molecule has 0 bridgehead atoms. The lowest BCUT2D eigenvalue weighted by atomic mass is 10.1. The number of nitrogens with one attached hydrogen (secondary N) is 1. The smallest absolute Gasteiger partial charge is 0.228 e. The molecule has 1 unspecified atom stereocenters. The van der Waals surface area contributed by atoms with Gasteiger partial charge in [-0.25, -0.2) is 9.98 Å². The maximum Gasteiger partial charge on any atom is 0.228 e. The highest BCUT2D eigenvalue weighted by molar-refractivity contribution is 6.05. The molecule has 0 radical (unpaired) electrons. The lowest BCUT2D eigenvalue weighted by Crippen LogP contribution is -2.40. The second-order valence-corrected chi connectivity index (χ2v) is 5.44. The van der Waals surface area contributed by atoms with Gasteiger partial charge in [0, 0.05) is 24.8 Å². The molecule has 1 fully saturated rings. The first kappa shape index (κ1) is 13.4. The normalized spacial score (nSPS) is 22.0. The Hall–Kier alpha value is -2.25. The van der Waals surface area contributed by atoms with Gasteiger partial charge in [-0.3, -0.25) is 9.69 Å². The Morgan fingerprint density at radius 1 is 1.41 bits per heavy atom. The number of anilines is 1. The van der Waals surface area contributed by atoms with Crippen LogP contribution in [-0.4, -0.2) is 48.3 Å². The van der Waals surface area contributed by atoms with E-state index in [2.05, 4.69) is 20.2 Å². The monoisotopic (exact) mass is 300 g/mol. The minimum absolute atomic E-state index is 0.172. The fraction of sp³-hybridized carbons (Fsp3) is 0.400. The number of hydrogen-bond acceptors (Lipinski definition) is 7. The molecule has 2 aromatic rings. The third-order valence-corrected chi connectivity index (χ3v) is 3.98. The molecule has 114 valence electrons. The van der Waals surface area contributed by atoms with Gasteiger partial charge in [0.2, 0.25) is 5.71 Å². The Labute approximate surface area is 127 Å². The van der Waals surface area contributed by atoms with Crippen molar-refractivity contribution in [2.45, 2.75) is 13.1 Å². The zero-order chi connectivity index (χ0) is 15.1. The van der Waals surface area contributed by atoms with Crippen LogP contribution in [0.1, 0.15) is 29.2 Å². The lowest BCUT2D eigenvalue weighted by Gasteiger charge is -2.33. The summed E-state index contributed by atoms with van der Waals surface area (Å²) in [6.07, 6.45) is 2.13. The Bertz CT molecular complexity index is 761. The van der Waals surface area contributed by atoms with E-state index in [1.54, 1.807) is 6.07 Å². The molecule has 2 aliphatic rings. The number of aldehydes is 1. The summed E-state index contributed by atoms with van der Waals surface area (Å²) in [6, 6.07) is 1.79.